The number of anilines is 1. The number of hydrogen-bond donors (Lipinski definition) is 2. The first-order chi connectivity index (χ1) is 12.0. The molecule has 0 atom stereocenters. The largest absolute Gasteiger partial charge is 0.496 e. The average Bonchev–Trinajstić information content (AvgIpc) is 3.01. The van der Waals surface area contributed by atoms with Crippen LogP contribution in [0.4, 0.5) is 5.13 Å². The van der Waals surface area contributed by atoms with Crippen LogP contribution in [-0.2, 0) is 10.4 Å². The van der Waals surface area contributed by atoms with E-state index < -0.39 is 5.60 Å². The fraction of sp³-hybridized carbons (Fsp3) is 0.444. The van der Waals surface area contributed by atoms with Crippen molar-refractivity contribution in [2.75, 3.05) is 32.1 Å². The molecule has 25 heavy (non-hydrogen) atoms. The highest BCUT2D eigenvalue weighted by molar-refractivity contribution is 7.15. The molecule has 6 nitrogen and oxygen atoms in total. The van der Waals surface area contributed by atoms with Crippen LogP contribution in [0.15, 0.2) is 30.5 Å². The molecule has 0 bridgehead atoms. The quantitative estimate of drug-likeness (QED) is 0.855. The molecule has 0 aliphatic carbocycles. The predicted molar refractivity (Wildman–Crippen MR) is 98.0 cm³/mol. The number of methoxy groups -OCH3 is 1. The van der Waals surface area contributed by atoms with Crippen LogP contribution in [-0.4, -0.2) is 47.6 Å². The van der Waals surface area contributed by atoms with Gasteiger partial charge in [0.15, 0.2) is 5.13 Å². The molecule has 3 rings (SSSR count). The van der Waals surface area contributed by atoms with Gasteiger partial charge in [-0.1, -0.05) is 18.2 Å². The first kappa shape index (κ1) is 17.8. The Kier molecular flexibility index (Phi) is 5.36. The first-order valence-corrected chi connectivity index (χ1v) is 9.12. The molecule has 1 aromatic carbocycles. The van der Waals surface area contributed by atoms with Gasteiger partial charge in [-0.05, 0) is 25.8 Å². The topological polar surface area (TPSA) is 74.7 Å². The highest BCUT2D eigenvalue weighted by Gasteiger charge is 2.36. The van der Waals surface area contributed by atoms with E-state index in [0.717, 1.165) is 10.4 Å². The van der Waals surface area contributed by atoms with Crippen molar-refractivity contribution in [2.45, 2.75) is 25.4 Å². The number of likely N-dealkylation sites (tertiary alicyclic amines) is 1. The van der Waals surface area contributed by atoms with E-state index in [1.165, 1.54) is 11.3 Å². The number of benzene rings is 1. The molecule has 2 N–H and O–H groups in total. The number of nitrogens with one attached hydrogen (secondary N) is 1. The van der Waals surface area contributed by atoms with Gasteiger partial charge in [0.05, 0.1) is 19.3 Å². The maximum Gasteiger partial charge on any atom is 0.240 e. The van der Waals surface area contributed by atoms with Crippen molar-refractivity contribution in [1.29, 1.82) is 0 Å². The van der Waals surface area contributed by atoms with Crippen LogP contribution in [0, 0.1) is 6.92 Å². The van der Waals surface area contributed by atoms with Gasteiger partial charge in [-0.15, -0.1) is 11.3 Å². The molecule has 0 spiro atoms. The number of aromatic nitrogens is 1. The summed E-state index contributed by atoms with van der Waals surface area (Å²) in [6, 6.07) is 7.58. The molecule has 7 heteroatoms. The van der Waals surface area contributed by atoms with Crippen LogP contribution in [0.1, 0.15) is 23.3 Å². The highest BCUT2D eigenvalue weighted by atomic mass is 32.1. The molecule has 1 aliphatic heterocycles. The van der Waals surface area contributed by atoms with Crippen LogP contribution in [0.2, 0.25) is 0 Å². The summed E-state index contributed by atoms with van der Waals surface area (Å²) in [7, 11) is 1.61. The Labute approximate surface area is 151 Å². The van der Waals surface area contributed by atoms with Crippen molar-refractivity contribution in [2.24, 2.45) is 0 Å². The van der Waals surface area contributed by atoms with Crippen LogP contribution in [0.5, 0.6) is 5.75 Å². The number of carbonyl (C=O) groups excluding carboxylic acids is 1. The molecule has 1 saturated heterocycles. The minimum absolute atomic E-state index is 0.0721. The second-order valence-corrected chi connectivity index (χ2v) is 7.57. The Balaban J connectivity index is 1.57. The number of piperidine rings is 1. The molecule has 2 aromatic rings. The second kappa shape index (κ2) is 7.51. The van der Waals surface area contributed by atoms with Gasteiger partial charge in [-0.2, -0.15) is 0 Å². The summed E-state index contributed by atoms with van der Waals surface area (Å²) >= 11 is 1.46. The van der Waals surface area contributed by atoms with Gasteiger partial charge >= 0.3 is 0 Å². The lowest BCUT2D eigenvalue weighted by atomic mass is 9.84. The minimum atomic E-state index is -0.911. The first-order valence-electron chi connectivity index (χ1n) is 8.31. The van der Waals surface area contributed by atoms with Crippen molar-refractivity contribution >= 4 is 22.4 Å². The molecule has 1 aromatic heterocycles. The summed E-state index contributed by atoms with van der Waals surface area (Å²) in [4.78, 5) is 19.4. The Bertz CT molecular complexity index is 739. The van der Waals surface area contributed by atoms with Crippen molar-refractivity contribution in [3.63, 3.8) is 0 Å². The zero-order chi connectivity index (χ0) is 17.9. The summed E-state index contributed by atoms with van der Waals surface area (Å²) in [6.07, 6.45) is 2.88. The number of aliphatic hydroxyl groups is 1. The lowest BCUT2D eigenvalue weighted by Gasteiger charge is -2.38. The maximum absolute atomic E-state index is 12.2. The summed E-state index contributed by atoms with van der Waals surface area (Å²) in [5.74, 6) is 0.632. The standard InChI is InChI=1S/C18H23N3O3S/c1-13-11-19-17(25-13)20-16(22)12-21-9-7-18(23,8-10-21)14-5-3-4-6-15(14)24-2/h3-6,11,23H,7-10,12H2,1-2H3,(H,19,20,22). The Morgan fingerprint density at radius 1 is 1.40 bits per heavy atom. The molecule has 0 radical (unpaired) electrons. The van der Waals surface area contributed by atoms with Gasteiger partial charge in [0.1, 0.15) is 5.75 Å². The zero-order valence-electron chi connectivity index (χ0n) is 14.5. The van der Waals surface area contributed by atoms with Gasteiger partial charge in [-0.25, -0.2) is 4.98 Å². The molecule has 134 valence electrons. The molecular weight excluding hydrogens is 338 g/mol. The van der Waals surface area contributed by atoms with E-state index >= 15 is 0 Å². The molecule has 1 amide bonds. The van der Waals surface area contributed by atoms with E-state index in [1.807, 2.05) is 31.2 Å². The summed E-state index contributed by atoms with van der Waals surface area (Å²) in [5.41, 5.74) is -0.0914. The summed E-state index contributed by atoms with van der Waals surface area (Å²) in [5, 5.41) is 14.5. The van der Waals surface area contributed by atoms with Gasteiger partial charge < -0.3 is 15.2 Å². The van der Waals surface area contributed by atoms with Crippen molar-refractivity contribution in [3.8, 4) is 5.75 Å². The van der Waals surface area contributed by atoms with Crippen LogP contribution in [0.25, 0.3) is 0 Å². The number of aryl methyl sites for hydroxylation is 1. The summed E-state index contributed by atoms with van der Waals surface area (Å²) < 4.78 is 5.38. The number of rotatable bonds is 5. The Morgan fingerprint density at radius 3 is 2.76 bits per heavy atom. The summed E-state index contributed by atoms with van der Waals surface area (Å²) in [6.45, 7) is 3.56. The number of thiazole rings is 1. The Morgan fingerprint density at radius 2 is 2.12 bits per heavy atom. The van der Waals surface area contributed by atoms with E-state index in [1.54, 1.807) is 13.3 Å². The van der Waals surface area contributed by atoms with E-state index in [2.05, 4.69) is 15.2 Å². The molecule has 0 saturated carbocycles. The predicted octanol–water partition coefficient (Wildman–Crippen LogP) is 2.38. The van der Waals surface area contributed by atoms with E-state index in [4.69, 9.17) is 4.74 Å². The number of para-hydroxylation sites is 1. The number of hydrogen-bond acceptors (Lipinski definition) is 6. The number of amides is 1. The van der Waals surface area contributed by atoms with Crippen LogP contribution >= 0.6 is 11.3 Å². The molecular formula is C18H23N3O3S. The van der Waals surface area contributed by atoms with Crippen molar-refractivity contribution < 1.29 is 14.6 Å². The SMILES string of the molecule is COc1ccccc1C1(O)CCN(CC(=O)Nc2ncc(C)s2)CC1. The van der Waals surface area contributed by atoms with E-state index in [9.17, 15) is 9.90 Å². The van der Waals surface area contributed by atoms with Gasteiger partial charge in [0, 0.05) is 29.7 Å². The molecule has 1 aliphatic rings. The fourth-order valence-corrected chi connectivity index (χ4v) is 3.83. The zero-order valence-corrected chi connectivity index (χ0v) is 15.3. The van der Waals surface area contributed by atoms with Gasteiger partial charge in [-0.3, -0.25) is 9.69 Å². The average molecular weight is 361 g/mol. The Hall–Kier alpha value is -1.96. The van der Waals surface area contributed by atoms with Crippen LogP contribution in [0.3, 0.4) is 0 Å². The number of ether oxygens (including phenoxy) is 1. The van der Waals surface area contributed by atoms with Gasteiger partial charge in [0.25, 0.3) is 0 Å². The van der Waals surface area contributed by atoms with Crippen LogP contribution < -0.4 is 10.1 Å². The van der Waals surface area contributed by atoms with Crippen molar-refractivity contribution in [1.82, 2.24) is 9.88 Å². The van der Waals surface area contributed by atoms with E-state index in [-0.39, 0.29) is 5.91 Å². The molecule has 2 heterocycles. The van der Waals surface area contributed by atoms with E-state index in [0.29, 0.717) is 43.4 Å². The fourth-order valence-electron chi connectivity index (χ4n) is 3.15. The van der Waals surface area contributed by atoms with Gasteiger partial charge in [0.2, 0.25) is 5.91 Å². The highest BCUT2D eigenvalue weighted by Crippen LogP contribution is 2.37. The smallest absolute Gasteiger partial charge is 0.240 e. The maximum atomic E-state index is 12.2. The third-order valence-electron chi connectivity index (χ3n) is 4.53. The second-order valence-electron chi connectivity index (χ2n) is 6.33. The monoisotopic (exact) mass is 361 g/mol. The third kappa shape index (κ3) is 4.18. The normalized spacial score (nSPS) is 17.2. The molecule has 0 unspecified atom stereocenters. The van der Waals surface area contributed by atoms with Crippen molar-refractivity contribution in [3.05, 3.63) is 40.9 Å². The third-order valence-corrected chi connectivity index (χ3v) is 5.35. The lowest BCUT2D eigenvalue weighted by Crippen LogP contribution is -2.45. The molecule has 1 fully saturated rings. The lowest BCUT2D eigenvalue weighted by molar-refractivity contribution is -0.118. The minimum Gasteiger partial charge on any atom is -0.496 e. The number of carbonyl (C=O) groups is 1. The number of nitrogens with zero attached hydrogens (tertiary/aromatic N) is 2.